The first-order valence-corrected chi connectivity index (χ1v) is 8.43. The van der Waals surface area contributed by atoms with Crippen LogP contribution in [0.25, 0.3) is 0 Å². The fraction of sp³-hybridized carbons (Fsp3) is 0.611. The Bertz CT molecular complexity index is 542. The van der Waals surface area contributed by atoms with Gasteiger partial charge in [-0.3, -0.25) is 4.79 Å². The lowest BCUT2D eigenvalue weighted by Crippen LogP contribution is -2.50. The maximum atomic E-state index is 13.2. The van der Waals surface area contributed by atoms with Gasteiger partial charge in [-0.2, -0.15) is 0 Å². The molecular weight excluding hydrogens is 260 g/mol. The zero-order valence-corrected chi connectivity index (χ0v) is 12.6. The van der Waals surface area contributed by atoms with Crippen molar-refractivity contribution < 1.29 is 4.79 Å². The van der Waals surface area contributed by atoms with Gasteiger partial charge in [0.2, 0.25) is 5.91 Å². The van der Waals surface area contributed by atoms with E-state index in [-0.39, 0.29) is 5.92 Å². The van der Waals surface area contributed by atoms with Gasteiger partial charge >= 0.3 is 0 Å². The predicted octanol–water partition coefficient (Wildman–Crippen LogP) is 2.32. The SMILES string of the molecule is O=C(C1CCCc2ccccc21)N1CCCC2CNCC21. The molecule has 0 aromatic heterocycles. The summed E-state index contributed by atoms with van der Waals surface area (Å²) in [5, 5.41) is 3.48. The van der Waals surface area contributed by atoms with Crippen molar-refractivity contribution in [1.82, 2.24) is 10.2 Å². The number of nitrogens with one attached hydrogen (secondary N) is 1. The van der Waals surface area contributed by atoms with Crippen LogP contribution in [-0.4, -0.2) is 36.5 Å². The lowest BCUT2D eigenvalue weighted by Gasteiger charge is -2.40. The molecule has 0 spiro atoms. The van der Waals surface area contributed by atoms with E-state index in [2.05, 4.69) is 34.5 Å². The Labute approximate surface area is 126 Å². The third kappa shape index (κ3) is 2.28. The number of carbonyl (C=O) groups is 1. The Hall–Kier alpha value is -1.35. The van der Waals surface area contributed by atoms with Crippen LogP contribution in [0, 0.1) is 5.92 Å². The molecule has 112 valence electrons. The van der Waals surface area contributed by atoms with Crippen molar-refractivity contribution in [2.45, 2.75) is 44.1 Å². The van der Waals surface area contributed by atoms with Crippen molar-refractivity contribution in [2.24, 2.45) is 5.92 Å². The molecule has 21 heavy (non-hydrogen) atoms. The van der Waals surface area contributed by atoms with Crippen LogP contribution < -0.4 is 5.32 Å². The van der Waals surface area contributed by atoms with E-state index >= 15 is 0 Å². The van der Waals surface area contributed by atoms with E-state index in [1.807, 2.05) is 0 Å². The highest BCUT2D eigenvalue weighted by molar-refractivity contribution is 5.85. The van der Waals surface area contributed by atoms with Crippen LogP contribution in [0.1, 0.15) is 42.7 Å². The van der Waals surface area contributed by atoms with Crippen molar-refractivity contribution in [3.05, 3.63) is 35.4 Å². The zero-order valence-electron chi connectivity index (χ0n) is 12.6. The van der Waals surface area contributed by atoms with Crippen LogP contribution in [0.15, 0.2) is 24.3 Å². The largest absolute Gasteiger partial charge is 0.338 e. The van der Waals surface area contributed by atoms with Gasteiger partial charge in [-0.05, 0) is 49.1 Å². The molecule has 0 saturated carbocycles. The van der Waals surface area contributed by atoms with E-state index in [9.17, 15) is 4.79 Å². The lowest BCUT2D eigenvalue weighted by molar-refractivity contribution is -0.137. The van der Waals surface area contributed by atoms with Crippen LogP contribution in [0.2, 0.25) is 0 Å². The van der Waals surface area contributed by atoms with Crippen molar-refractivity contribution >= 4 is 5.91 Å². The fourth-order valence-corrected chi connectivity index (χ4v) is 4.55. The number of aryl methyl sites for hydroxylation is 1. The molecule has 3 aliphatic rings. The van der Waals surface area contributed by atoms with Crippen molar-refractivity contribution in [3.63, 3.8) is 0 Å². The molecule has 3 unspecified atom stereocenters. The number of benzene rings is 1. The topological polar surface area (TPSA) is 32.3 Å². The number of hydrogen-bond acceptors (Lipinski definition) is 2. The number of piperidine rings is 1. The number of carbonyl (C=O) groups excluding carboxylic acids is 1. The highest BCUT2D eigenvalue weighted by Gasteiger charge is 2.40. The van der Waals surface area contributed by atoms with E-state index in [4.69, 9.17) is 0 Å². The summed E-state index contributed by atoms with van der Waals surface area (Å²) in [6.45, 7) is 3.04. The Morgan fingerprint density at radius 2 is 2.05 bits per heavy atom. The number of fused-ring (bicyclic) bond motifs is 2. The zero-order chi connectivity index (χ0) is 14.2. The molecule has 1 amide bonds. The molecule has 1 N–H and O–H groups in total. The molecule has 2 aliphatic heterocycles. The summed E-state index contributed by atoms with van der Waals surface area (Å²) < 4.78 is 0. The molecule has 2 heterocycles. The average Bonchev–Trinajstić information content (AvgIpc) is 3.02. The summed E-state index contributed by atoms with van der Waals surface area (Å²) >= 11 is 0. The number of likely N-dealkylation sites (tertiary alicyclic amines) is 1. The normalized spacial score (nSPS) is 31.6. The minimum atomic E-state index is 0.106. The summed E-state index contributed by atoms with van der Waals surface area (Å²) in [4.78, 5) is 15.4. The van der Waals surface area contributed by atoms with Crippen LogP contribution in [0.3, 0.4) is 0 Å². The van der Waals surface area contributed by atoms with E-state index in [1.165, 1.54) is 24.0 Å². The van der Waals surface area contributed by atoms with Gasteiger partial charge in [-0.25, -0.2) is 0 Å². The van der Waals surface area contributed by atoms with Gasteiger partial charge in [0.15, 0.2) is 0 Å². The molecule has 1 aliphatic carbocycles. The van der Waals surface area contributed by atoms with Gasteiger partial charge in [0.1, 0.15) is 0 Å². The van der Waals surface area contributed by atoms with Crippen LogP contribution in [-0.2, 0) is 11.2 Å². The molecule has 0 bridgehead atoms. The predicted molar refractivity (Wildman–Crippen MR) is 83.2 cm³/mol. The Kier molecular flexibility index (Phi) is 3.46. The first kappa shape index (κ1) is 13.3. The minimum absolute atomic E-state index is 0.106. The van der Waals surface area contributed by atoms with E-state index < -0.39 is 0 Å². The maximum absolute atomic E-state index is 13.2. The van der Waals surface area contributed by atoms with Crippen molar-refractivity contribution in [2.75, 3.05) is 19.6 Å². The highest BCUT2D eigenvalue weighted by atomic mass is 16.2. The minimum Gasteiger partial charge on any atom is -0.338 e. The maximum Gasteiger partial charge on any atom is 0.230 e. The third-order valence-corrected chi connectivity index (χ3v) is 5.63. The third-order valence-electron chi connectivity index (χ3n) is 5.63. The molecular formula is C18H24N2O. The molecule has 0 radical (unpaired) electrons. The van der Waals surface area contributed by atoms with Crippen LogP contribution in [0.4, 0.5) is 0 Å². The second kappa shape index (κ2) is 5.45. The molecule has 3 nitrogen and oxygen atoms in total. The van der Waals surface area contributed by atoms with Crippen LogP contribution in [0.5, 0.6) is 0 Å². The van der Waals surface area contributed by atoms with Gasteiger partial charge in [0, 0.05) is 25.7 Å². The second-order valence-electron chi connectivity index (χ2n) is 6.80. The van der Waals surface area contributed by atoms with Crippen molar-refractivity contribution in [1.29, 1.82) is 0 Å². The first-order chi connectivity index (χ1) is 10.3. The second-order valence-corrected chi connectivity index (χ2v) is 6.80. The molecule has 2 saturated heterocycles. The van der Waals surface area contributed by atoms with E-state index in [0.717, 1.165) is 38.9 Å². The smallest absolute Gasteiger partial charge is 0.230 e. The van der Waals surface area contributed by atoms with Gasteiger partial charge in [-0.1, -0.05) is 24.3 Å². The Morgan fingerprint density at radius 1 is 1.14 bits per heavy atom. The molecule has 2 fully saturated rings. The number of hydrogen-bond donors (Lipinski definition) is 1. The van der Waals surface area contributed by atoms with E-state index in [1.54, 1.807) is 0 Å². The quantitative estimate of drug-likeness (QED) is 0.858. The highest BCUT2D eigenvalue weighted by Crippen LogP contribution is 2.35. The summed E-state index contributed by atoms with van der Waals surface area (Å²) in [7, 11) is 0. The Morgan fingerprint density at radius 3 is 3.00 bits per heavy atom. The fourth-order valence-electron chi connectivity index (χ4n) is 4.55. The summed E-state index contributed by atoms with van der Waals surface area (Å²) in [6.07, 6.45) is 5.75. The van der Waals surface area contributed by atoms with Crippen LogP contribution >= 0.6 is 0 Å². The monoisotopic (exact) mass is 284 g/mol. The van der Waals surface area contributed by atoms with Crippen molar-refractivity contribution in [3.8, 4) is 0 Å². The summed E-state index contributed by atoms with van der Waals surface area (Å²) in [5.74, 6) is 1.18. The van der Waals surface area contributed by atoms with E-state index in [0.29, 0.717) is 17.9 Å². The van der Waals surface area contributed by atoms with Gasteiger partial charge < -0.3 is 10.2 Å². The van der Waals surface area contributed by atoms with Gasteiger partial charge in [0.05, 0.1) is 5.92 Å². The first-order valence-electron chi connectivity index (χ1n) is 8.43. The Balaban J connectivity index is 1.60. The standard InChI is InChI=1S/C18H24N2O/c21-18(20-10-4-7-14-11-19-12-17(14)20)16-9-3-6-13-5-1-2-8-15(13)16/h1-2,5,8,14,16-17,19H,3-4,6-7,9-12H2. The molecule has 4 rings (SSSR count). The van der Waals surface area contributed by atoms with Gasteiger partial charge in [-0.15, -0.1) is 0 Å². The number of amides is 1. The van der Waals surface area contributed by atoms with Gasteiger partial charge in [0.25, 0.3) is 0 Å². The average molecular weight is 284 g/mol. The lowest BCUT2D eigenvalue weighted by atomic mass is 9.81. The molecule has 1 aromatic rings. The summed E-state index contributed by atoms with van der Waals surface area (Å²) in [6, 6.07) is 9.00. The molecule has 1 aromatic carbocycles. The molecule has 3 atom stereocenters. The summed E-state index contributed by atoms with van der Waals surface area (Å²) in [5.41, 5.74) is 2.68. The number of nitrogens with zero attached hydrogens (tertiary/aromatic N) is 1. The molecule has 3 heteroatoms. The number of rotatable bonds is 1.